The average molecular weight is 549 g/mol. The Labute approximate surface area is 222 Å². The van der Waals surface area contributed by atoms with Crippen molar-refractivity contribution in [2.75, 3.05) is 25.5 Å². The number of hydrogen-bond donors (Lipinski definition) is 2. The van der Waals surface area contributed by atoms with Crippen molar-refractivity contribution in [1.29, 1.82) is 0 Å². The highest BCUT2D eigenvalue weighted by Crippen LogP contribution is 2.38. The fourth-order valence-corrected chi connectivity index (χ4v) is 5.24. The molecule has 5 rings (SSSR count). The molecule has 1 aliphatic heterocycles. The number of hydrogen-bond acceptors (Lipinski definition) is 10. The van der Waals surface area contributed by atoms with Crippen LogP contribution in [0.3, 0.4) is 0 Å². The van der Waals surface area contributed by atoms with Gasteiger partial charge in [-0.15, -0.1) is 10.2 Å². The standard InChI is InChI=1S/C24H28N6O7S.2H2/c1-14-9-10-19(37-14)23-25-26-24(30(23)21-17(34-3)7-5-8-18(21)35-4)28-38(32,33)15(2)22(31)16-13-20-29(27-16)11-6-12-36-20;;/h5,7-10,13,15,22,31H,6,11-12H2,1-4H3,(H,26,28);2*1H/t15-,22-;;/m1../s1. The number of furan rings is 1. The molecule has 0 aliphatic carbocycles. The van der Waals surface area contributed by atoms with Crippen LogP contribution >= 0.6 is 0 Å². The van der Waals surface area contributed by atoms with Gasteiger partial charge in [0.2, 0.25) is 27.7 Å². The number of aryl methyl sites for hydroxylation is 2. The zero-order valence-corrected chi connectivity index (χ0v) is 22.1. The molecule has 1 aliphatic rings. The zero-order chi connectivity index (χ0) is 27.0. The van der Waals surface area contributed by atoms with Gasteiger partial charge < -0.3 is 23.7 Å². The maximum absolute atomic E-state index is 13.5. The Morgan fingerprint density at radius 2 is 1.89 bits per heavy atom. The highest BCUT2D eigenvalue weighted by molar-refractivity contribution is 7.93. The van der Waals surface area contributed by atoms with Gasteiger partial charge in [0, 0.05) is 21.9 Å². The number of aromatic nitrogens is 5. The van der Waals surface area contributed by atoms with E-state index in [1.165, 1.54) is 25.7 Å². The lowest BCUT2D eigenvalue weighted by Crippen LogP contribution is -2.32. The Morgan fingerprint density at radius 1 is 1.16 bits per heavy atom. The molecule has 0 spiro atoms. The largest absolute Gasteiger partial charge is 0.494 e. The molecule has 0 amide bonds. The quantitative estimate of drug-likeness (QED) is 0.318. The number of nitrogens with one attached hydrogen (secondary N) is 1. The molecule has 206 valence electrons. The van der Waals surface area contributed by atoms with E-state index in [1.807, 2.05) is 0 Å². The molecule has 2 N–H and O–H groups in total. The van der Waals surface area contributed by atoms with Crippen molar-refractivity contribution in [3.05, 3.63) is 47.9 Å². The molecule has 4 aromatic rings. The third kappa shape index (κ3) is 4.56. The fraction of sp³-hybridized carbons (Fsp3) is 0.375. The molecule has 3 aromatic heterocycles. The third-order valence-electron chi connectivity index (χ3n) is 6.25. The number of aliphatic hydroxyl groups is 1. The van der Waals surface area contributed by atoms with Crippen LogP contribution in [-0.2, 0) is 16.6 Å². The van der Waals surface area contributed by atoms with E-state index < -0.39 is 21.4 Å². The van der Waals surface area contributed by atoms with E-state index in [0.29, 0.717) is 47.7 Å². The molecular formula is C24H32N6O7S. The summed E-state index contributed by atoms with van der Waals surface area (Å²) in [5.74, 6) is 2.30. The number of nitrogens with zero attached hydrogens (tertiary/aromatic N) is 5. The molecule has 0 saturated carbocycles. The van der Waals surface area contributed by atoms with Crippen molar-refractivity contribution in [2.45, 2.75) is 38.2 Å². The van der Waals surface area contributed by atoms with Gasteiger partial charge in [0.15, 0.2) is 5.76 Å². The minimum atomic E-state index is -4.22. The van der Waals surface area contributed by atoms with Crippen molar-refractivity contribution in [3.8, 4) is 34.7 Å². The van der Waals surface area contributed by atoms with Gasteiger partial charge in [0.05, 0.1) is 26.5 Å². The first-order chi connectivity index (χ1) is 18.2. The lowest BCUT2D eigenvalue weighted by Gasteiger charge is -2.20. The molecule has 0 radical (unpaired) electrons. The Morgan fingerprint density at radius 3 is 2.53 bits per heavy atom. The number of sulfonamides is 1. The van der Waals surface area contributed by atoms with Crippen LogP contribution in [0.2, 0.25) is 0 Å². The second kappa shape index (κ2) is 10.0. The number of fused-ring (bicyclic) bond motifs is 1. The first kappa shape index (κ1) is 25.6. The number of benzene rings is 1. The lowest BCUT2D eigenvalue weighted by molar-refractivity contribution is 0.170. The molecule has 0 bridgehead atoms. The van der Waals surface area contributed by atoms with Crippen LogP contribution in [0, 0.1) is 6.92 Å². The molecule has 13 nitrogen and oxygen atoms in total. The Hall–Kier alpha value is -4.04. The molecule has 1 aromatic carbocycles. The van der Waals surface area contributed by atoms with Gasteiger partial charge in [-0.05, 0) is 38.1 Å². The van der Waals surface area contributed by atoms with Crippen molar-refractivity contribution in [3.63, 3.8) is 0 Å². The van der Waals surface area contributed by atoms with Crippen molar-refractivity contribution < 1.29 is 35.0 Å². The van der Waals surface area contributed by atoms with Crippen LogP contribution < -0.4 is 18.9 Å². The number of aliphatic hydroxyl groups excluding tert-OH is 1. The number of para-hydroxylation sites is 1. The molecule has 0 fully saturated rings. The van der Waals surface area contributed by atoms with Gasteiger partial charge in [-0.2, -0.15) is 5.10 Å². The van der Waals surface area contributed by atoms with Gasteiger partial charge >= 0.3 is 0 Å². The van der Waals surface area contributed by atoms with Gasteiger partial charge in [-0.1, -0.05) is 6.07 Å². The van der Waals surface area contributed by atoms with Crippen molar-refractivity contribution >= 4 is 16.0 Å². The van der Waals surface area contributed by atoms with E-state index >= 15 is 0 Å². The summed E-state index contributed by atoms with van der Waals surface area (Å²) in [6.07, 6.45) is -0.655. The molecular weight excluding hydrogens is 516 g/mol. The Balaban J connectivity index is 0.00000220. The molecule has 2 atom stereocenters. The van der Waals surface area contributed by atoms with E-state index in [4.69, 9.17) is 18.6 Å². The lowest BCUT2D eigenvalue weighted by atomic mass is 10.2. The average Bonchev–Trinajstić information content (AvgIpc) is 3.65. The van der Waals surface area contributed by atoms with Crippen LogP contribution in [0.4, 0.5) is 5.95 Å². The second-order valence-corrected chi connectivity index (χ2v) is 10.8. The summed E-state index contributed by atoms with van der Waals surface area (Å²) in [5.41, 5.74) is 0.552. The van der Waals surface area contributed by atoms with Crippen LogP contribution in [-0.4, -0.2) is 64.1 Å². The van der Waals surface area contributed by atoms with Crippen LogP contribution in [0.25, 0.3) is 17.3 Å². The van der Waals surface area contributed by atoms with E-state index in [2.05, 4.69) is 20.0 Å². The Kier molecular flexibility index (Phi) is 6.75. The monoisotopic (exact) mass is 548 g/mol. The number of methoxy groups -OCH3 is 2. The van der Waals surface area contributed by atoms with E-state index in [1.54, 1.807) is 48.0 Å². The van der Waals surface area contributed by atoms with Crippen molar-refractivity contribution in [1.82, 2.24) is 24.5 Å². The maximum atomic E-state index is 13.5. The second-order valence-electron chi connectivity index (χ2n) is 8.73. The SMILES string of the molecule is COc1cccc(OC)c1-n1c(NS(=O)(=O)[C@H](C)[C@@H](O)c2cc3n(n2)CCCO3)nnc1-c1ccc(C)o1.[HH].[HH]. The van der Waals surface area contributed by atoms with Crippen molar-refractivity contribution in [2.24, 2.45) is 0 Å². The highest BCUT2D eigenvalue weighted by atomic mass is 32.2. The summed E-state index contributed by atoms with van der Waals surface area (Å²) in [4.78, 5) is 0. The zero-order valence-electron chi connectivity index (χ0n) is 21.3. The molecule has 4 heterocycles. The van der Waals surface area contributed by atoms with E-state index in [-0.39, 0.29) is 20.3 Å². The first-order valence-corrected chi connectivity index (χ1v) is 13.4. The van der Waals surface area contributed by atoms with Gasteiger partial charge in [0.1, 0.15) is 34.3 Å². The normalized spacial score (nSPS) is 14.9. The summed E-state index contributed by atoms with van der Waals surface area (Å²) < 4.78 is 54.9. The van der Waals surface area contributed by atoms with Gasteiger partial charge in [-0.25, -0.2) is 13.1 Å². The molecule has 38 heavy (non-hydrogen) atoms. The van der Waals surface area contributed by atoms with E-state index in [0.717, 1.165) is 6.42 Å². The fourth-order valence-electron chi connectivity index (χ4n) is 4.19. The smallest absolute Gasteiger partial charge is 0.243 e. The summed E-state index contributed by atoms with van der Waals surface area (Å²) >= 11 is 0. The number of rotatable bonds is 9. The maximum Gasteiger partial charge on any atom is 0.243 e. The molecule has 0 unspecified atom stereocenters. The first-order valence-electron chi connectivity index (χ1n) is 11.9. The minimum Gasteiger partial charge on any atom is -0.494 e. The predicted octanol–water partition coefficient (Wildman–Crippen LogP) is 3.19. The highest BCUT2D eigenvalue weighted by Gasteiger charge is 2.34. The summed E-state index contributed by atoms with van der Waals surface area (Å²) in [7, 11) is -1.26. The minimum absolute atomic E-state index is 0. The van der Waals surface area contributed by atoms with Crippen LogP contribution in [0.15, 0.2) is 40.8 Å². The topological polar surface area (TPSA) is 156 Å². The van der Waals surface area contributed by atoms with Gasteiger partial charge in [-0.3, -0.25) is 9.29 Å². The number of ether oxygens (including phenoxy) is 3. The van der Waals surface area contributed by atoms with Crippen LogP contribution in [0.5, 0.6) is 17.4 Å². The Bertz CT molecular complexity index is 1520. The molecule has 14 heteroatoms. The predicted molar refractivity (Wildman–Crippen MR) is 140 cm³/mol. The van der Waals surface area contributed by atoms with E-state index in [9.17, 15) is 13.5 Å². The number of anilines is 1. The van der Waals surface area contributed by atoms with Gasteiger partial charge in [0.25, 0.3) is 0 Å². The van der Waals surface area contributed by atoms with Crippen LogP contribution in [0.1, 0.15) is 33.8 Å². The summed E-state index contributed by atoms with van der Waals surface area (Å²) in [6, 6.07) is 10.1. The summed E-state index contributed by atoms with van der Waals surface area (Å²) in [5, 5.41) is 22.3. The third-order valence-corrected chi connectivity index (χ3v) is 7.95. The summed E-state index contributed by atoms with van der Waals surface area (Å²) in [6.45, 7) is 4.32. The molecule has 0 saturated heterocycles.